The van der Waals surface area contributed by atoms with Crippen LogP contribution in [0, 0.1) is 12.7 Å². The van der Waals surface area contributed by atoms with Crippen LogP contribution in [0.25, 0.3) is 0 Å². The van der Waals surface area contributed by atoms with Crippen LogP contribution in [0.2, 0.25) is 0 Å². The highest BCUT2D eigenvalue weighted by Crippen LogP contribution is 2.23. The number of hydrogen-bond acceptors (Lipinski definition) is 3. The maximum absolute atomic E-state index is 13.9. The summed E-state index contributed by atoms with van der Waals surface area (Å²) >= 11 is 0. The Labute approximate surface area is 131 Å². The van der Waals surface area contributed by atoms with E-state index in [0.29, 0.717) is 18.8 Å². The molecule has 0 spiro atoms. The summed E-state index contributed by atoms with van der Waals surface area (Å²) in [5, 5.41) is 3.24. The molecule has 1 aliphatic rings. The molecule has 0 aromatic heterocycles. The number of hydrogen-bond donors (Lipinski definition) is 1. The van der Waals surface area contributed by atoms with E-state index >= 15 is 0 Å². The monoisotopic (exact) mass is 308 g/mol. The van der Waals surface area contributed by atoms with Gasteiger partial charge in [0.2, 0.25) is 0 Å². The van der Waals surface area contributed by atoms with Crippen LogP contribution < -0.4 is 5.32 Å². The lowest BCUT2D eigenvalue weighted by Gasteiger charge is -2.35. The molecule has 1 atom stereocenters. The van der Waals surface area contributed by atoms with Crippen LogP contribution in [-0.4, -0.2) is 35.7 Å². The van der Waals surface area contributed by atoms with Gasteiger partial charge in [-0.3, -0.25) is 0 Å². The molecule has 1 aromatic rings. The molecule has 0 radical (unpaired) electrons. The summed E-state index contributed by atoms with van der Waals surface area (Å²) in [6, 6.07) is 5.06. The molecule has 1 unspecified atom stereocenters. The Hall–Kier alpha value is -1.78. The zero-order valence-electron chi connectivity index (χ0n) is 13.8. The summed E-state index contributed by atoms with van der Waals surface area (Å²) in [4.78, 5) is 13.8. The highest BCUT2D eigenvalue weighted by Gasteiger charge is 2.28. The van der Waals surface area contributed by atoms with Gasteiger partial charge >= 0.3 is 6.09 Å². The molecule has 0 saturated carbocycles. The lowest BCUT2D eigenvalue weighted by Crippen LogP contribution is -2.47. The minimum atomic E-state index is -0.500. The van der Waals surface area contributed by atoms with Crippen LogP contribution in [-0.2, 0) is 4.74 Å². The average molecular weight is 308 g/mol. The number of anilines is 1. The molecular weight excluding hydrogens is 283 g/mol. The maximum Gasteiger partial charge on any atom is 0.410 e. The van der Waals surface area contributed by atoms with E-state index in [1.165, 1.54) is 6.07 Å². The molecule has 4 nitrogen and oxygen atoms in total. The molecule has 1 saturated heterocycles. The van der Waals surface area contributed by atoms with Gasteiger partial charge in [-0.2, -0.15) is 0 Å². The van der Waals surface area contributed by atoms with Crippen molar-refractivity contribution >= 4 is 11.8 Å². The van der Waals surface area contributed by atoms with Crippen molar-refractivity contribution < 1.29 is 13.9 Å². The molecule has 1 aromatic carbocycles. The highest BCUT2D eigenvalue weighted by atomic mass is 19.1. The number of nitrogens with zero attached hydrogens (tertiary/aromatic N) is 1. The van der Waals surface area contributed by atoms with E-state index < -0.39 is 5.60 Å². The fourth-order valence-electron chi connectivity index (χ4n) is 2.61. The largest absolute Gasteiger partial charge is 0.444 e. The number of ether oxygens (including phenoxy) is 1. The topological polar surface area (TPSA) is 41.6 Å². The van der Waals surface area contributed by atoms with Gasteiger partial charge in [0.15, 0.2) is 0 Å². The number of piperidine rings is 1. The van der Waals surface area contributed by atoms with Gasteiger partial charge in [0.25, 0.3) is 0 Å². The van der Waals surface area contributed by atoms with Crippen molar-refractivity contribution in [2.45, 2.75) is 52.2 Å². The third-order valence-electron chi connectivity index (χ3n) is 3.64. The smallest absolute Gasteiger partial charge is 0.410 e. The second kappa shape index (κ2) is 6.55. The number of para-hydroxylation sites is 1. The number of carbonyl (C=O) groups is 1. The number of rotatable bonds is 2. The van der Waals surface area contributed by atoms with Crippen molar-refractivity contribution in [3.8, 4) is 0 Å². The van der Waals surface area contributed by atoms with Crippen LogP contribution in [0.15, 0.2) is 18.2 Å². The minimum absolute atomic E-state index is 0.0388. The first-order valence-corrected chi connectivity index (χ1v) is 7.76. The average Bonchev–Trinajstić information content (AvgIpc) is 2.41. The lowest BCUT2D eigenvalue weighted by atomic mass is 10.0. The van der Waals surface area contributed by atoms with Crippen molar-refractivity contribution in [1.29, 1.82) is 0 Å². The number of benzene rings is 1. The van der Waals surface area contributed by atoms with Gasteiger partial charge in [0.05, 0.1) is 5.69 Å². The zero-order chi connectivity index (χ0) is 16.3. The third kappa shape index (κ3) is 4.36. The SMILES string of the molecule is Cc1cccc(F)c1NC1CCCN(C(=O)OC(C)(C)C)C1. The van der Waals surface area contributed by atoms with Gasteiger partial charge in [0, 0.05) is 19.1 Å². The van der Waals surface area contributed by atoms with E-state index in [0.717, 1.165) is 18.4 Å². The Kier molecular flexibility index (Phi) is 4.94. The van der Waals surface area contributed by atoms with E-state index in [1.807, 2.05) is 33.8 Å². The molecule has 0 aliphatic carbocycles. The molecule has 1 fully saturated rings. The number of carbonyl (C=O) groups excluding carboxylic acids is 1. The van der Waals surface area contributed by atoms with Crippen LogP contribution in [0.5, 0.6) is 0 Å². The first-order valence-electron chi connectivity index (χ1n) is 7.76. The second-order valence-corrected chi connectivity index (χ2v) is 6.84. The highest BCUT2D eigenvalue weighted by molar-refractivity contribution is 5.68. The quantitative estimate of drug-likeness (QED) is 0.899. The molecule has 122 valence electrons. The number of amides is 1. The normalized spacial score (nSPS) is 19.0. The summed E-state index contributed by atoms with van der Waals surface area (Å²) in [7, 11) is 0. The molecule has 2 rings (SSSR count). The number of likely N-dealkylation sites (tertiary alicyclic amines) is 1. The Morgan fingerprint density at radius 2 is 2.14 bits per heavy atom. The van der Waals surface area contributed by atoms with E-state index in [1.54, 1.807) is 11.0 Å². The Balaban J connectivity index is 2.00. The maximum atomic E-state index is 13.9. The summed E-state index contributed by atoms with van der Waals surface area (Å²) in [5.41, 5.74) is 0.896. The first-order chi connectivity index (χ1) is 10.3. The summed E-state index contributed by atoms with van der Waals surface area (Å²) in [5.74, 6) is -0.255. The van der Waals surface area contributed by atoms with E-state index in [2.05, 4.69) is 5.32 Å². The number of halogens is 1. The van der Waals surface area contributed by atoms with Crippen LogP contribution in [0.1, 0.15) is 39.2 Å². The summed E-state index contributed by atoms with van der Waals surface area (Å²) in [6.07, 6.45) is 1.49. The Bertz CT molecular complexity index is 520. The third-order valence-corrected chi connectivity index (χ3v) is 3.64. The molecule has 5 heteroatoms. The molecule has 1 N–H and O–H groups in total. The molecule has 0 bridgehead atoms. The number of nitrogens with one attached hydrogen (secondary N) is 1. The molecular formula is C17H25FN2O2. The fraction of sp³-hybridized carbons (Fsp3) is 0.588. The zero-order valence-corrected chi connectivity index (χ0v) is 13.8. The van der Waals surface area contributed by atoms with Crippen LogP contribution in [0.4, 0.5) is 14.9 Å². The number of aryl methyl sites for hydroxylation is 1. The van der Waals surface area contributed by atoms with Gasteiger partial charge in [-0.15, -0.1) is 0 Å². The van der Waals surface area contributed by atoms with E-state index in [9.17, 15) is 9.18 Å². The van der Waals surface area contributed by atoms with Gasteiger partial charge in [-0.1, -0.05) is 12.1 Å². The molecule has 1 aliphatic heterocycles. The van der Waals surface area contributed by atoms with Crippen molar-refractivity contribution in [1.82, 2.24) is 4.90 Å². The van der Waals surface area contributed by atoms with Crippen molar-refractivity contribution in [2.75, 3.05) is 18.4 Å². The Morgan fingerprint density at radius 1 is 1.41 bits per heavy atom. The van der Waals surface area contributed by atoms with Gasteiger partial charge in [0.1, 0.15) is 11.4 Å². The predicted molar refractivity (Wildman–Crippen MR) is 85.6 cm³/mol. The van der Waals surface area contributed by atoms with Gasteiger partial charge < -0.3 is 15.0 Å². The fourth-order valence-corrected chi connectivity index (χ4v) is 2.61. The van der Waals surface area contributed by atoms with Crippen molar-refractivity contribution in [2.24, 2.45) is 0 Å². The van der Waals surface area contributed by atoms with Crippen LogP contribution in [0.3, 0.4) is 0 Å². The van der Waals surface area contributed by atoms with Crippen LogP contribution >= 0.6 is 0 Å². The molecule has 1 amide bonds. The van der Waals surface area contributed by atoms with Gasteiger partial charge in [-0.05, 0) is 52.2 Å². The van der Waals surface area contributed by atoms with Gasteiger partial charge in [-0.25, -0.2) is 9.18 Å². The van der Waals surface area contributed by atoms with Crippen molar-refractivity contribution in [3.63, 3.8) is 0 Å². The van der Waals surface area contributed by atoms with Crippen molar-refractivity contribution in [3.05, 3.63) is 29.6 Å². The molecule has 22 heavy (non-hydrogen) atoms. The Morgan fingerprint density at radius 3 is 2.77 bits per heavy atom. The summed E-state index contributed by atoms with van der Waals surface area (Å²) < 4.78 is 19.3. The van der Waals surface area contributed by atoms with E-state index in [-0.39, 0.29) is 18.0 Å². The minimum Gasteiger partial charge on any atom is -0.444 e. The standard InChI is InChI=1S/C17H25FN2O2/c1-12-7-5-9-14(18)15(12)19-13-8-6-10-20(11-13)16(21)22-17(2,3)4/h5,7,9,13,19H,6,8,10-11H2,1-4H3. The first kappa shape index (κ1) is 16.6. The lowest BCUT2D eigenvalue weighted by molar-refractivity contribution is 0.0206. The molecule has 1 heterocycles. The predicted octanol–water partition coefficient (Wildman–Crippen LogP) is 3.95. The van der Waals surface area contributed by atoms with E-state index in [4.69, 9.17) is 4.74 Å². The summed E-state index contributed by atoms with van der Waals surface area (Å²) in [6.45, 7) is 8.65. The second-order valence-electron chi connectivity index (χ2n) is 6.84.